The lowest BCUT2D eigenvalue weighted by Gasteiger charge is -2.41. The van der Waals surface area contributed by atoms with Gasteiger partial charge in [0.05, 0.1) is 12.1 Å². The Morgan fingerprint density at radius 2 is 1.91 bits per heavy atom. The number of hydrogen-bond donors (Lipinski definition) is 1. The van der Waals surface area contributed by atoms with E-state index in [1.54, 1.807) is 6.07 Å². The first-order valence-electron chi connectivity index (χ1n) is 8.48. The summed E-state index contributed by atoms with van der Waals surface area (Å²) in [6.45, 7) is 6.30. The van der Waals surface area contributed by atoms with Crippen LogP contribution in [0.25, 0.3) is 0 Å². The zero-order valence-electron chi connectivity index (χ0n) is 13.5. The van der Waals surface area contributed by atoms with E-state index in [2.05, 4.69) is 11.8 Å². The Bertz CT molecular complexity index is 498. The SMILES string of the molecule is CC1CCC(N2CCN(C(=O)c3coc(CN)c3)CC2)CC1. The van der Waals surface area contributed by atoms with E-state index in [9.17, 15) is 4.79 Å². The molecule has 1 aromatic rings. The minimum atomic E-state index is 0.0698. The average molecular weight is 305 g/mol. The van der Waals surface area contributed by atoms with Gasteiger partial charge >= 0.3 is 0 Å². The molecule has 1 amide bonds. The Morgan fingerprint density at radius 3 is 2.50 bits per heavy atom. The molecule has 5 heteroatoms. The van der Waals surface area contributed by atoms with Gasteiger partial charge in [-0.3, -0.25) is 9.69 Å². The second-order valence-corrected chi connectivity index (χ2v) is 6.75. The van der Waals surface area contributed by atoms with Gasteiger partial charge in [-0.1, -0.05) is 6.92 Å². The van der Waals surface area contributed by atoms with Gasteiger partial charge in [-0.2, -0.15) is 0 Å². The van der Waals surface area contributed by atoms with E-state index >= 15 is 0 Å². The van der Waals surface area contributed by atoms with Crippen molar-refractivity contribution in [3.05, 3.63) is 23.7 Å². The third kappa shape index (κ3) is 3.36. The fraction of sp³-hybridized carbons (Fsp3) is 0.706. The summed E-state index contributed by atoms with van der Waals surface area (Å²) in [5.74, 6) is 1.62. The number of rotatable bonds is 3. The molecule has 22 heavy (non-hydrogen) atoms. The molecule has 2 fully saturated rings. The summed E-state index contributed by atoms with van der Waals surface area (Å²) in [6, 6.07) is 2.49. The fourth-order valence-corrected chi connectivity index (χ4v) is 3.68. The molecule has 2 N–H and O–H groups in total. The highest BCUT2D eigenvalue weighted by molar-refractivity contribution is 5.94. The molecule has 1 aliphatic heterocycles. The van der Waals surface area contributed by atoms with Crippen LogP contribution in [0.5, 0.6) is 0 Å². The molecular formula is C17H27N3O2. The second-order valence-electron chi connectivity index (χ2n) is 6.75. The molecule has 0 aromatic carbocycles. The molecule has 0 bridgehead atoms. The number of carbonyl (C=O) groups is 1. The molecular weight excluding hydrogens is 278 g/mol. The highest BCUT2D eigenvalue weighted by Gasteiger charge is 2.29. The van der Waals surface area contributed by atoms with Gasteiger partial charge in [-0.15, -0.1) is 0 Å². The Morgan fingerprint density at radius 1 is 1.23 bits per heavy atom. The van der Waals surface area contributed by atoms with Crippen LogP contribution in [-0.4, -0.2) is 47.9 Å². The summed E-state index contributed by atoms with van der Waals surface area (Å²) in [6.07, 6.45) is 6.86. The molecule has 2 aliphatic rings. The molecule has 1 aliphatic carbocycles. The number of piperazine rings is 1. The predicted molar refractivity (Wildman–Crippen MR) is 85.5 cm³/mol. The van der Waals surface area contributed by atoms with Crippen molar-refractivity contribution in [3.8, 4) is 0 Å². The lowest BCUT2D eigenvalue weighted by atomic mass is 9.86. The second kappa shape index (κ2) is 6.84. The summed E-state index contributed by atoms with van der Waals surface area (Å²) >= 11 is 0. The van der Waals surface area contributed by atoms with Crippen molar-refractivity contribution in [2.75, 3.05) is 26.2 Å². The first-order valence-corrected chi connectivity index (χ1v) is 8.48. The first kappa shape index (κ1) is 15.6. The van der Waals surface area contributed by atoms with Crippen molar-refractivity contribution in [2.24, 2.45) is 11.7 Å². The van der Waals surface area contributed by atoms with E-state index in [0.717, 1.165) is 38.1 Å². The quantitative estimate of drug-likeness (QED) is 0.928. The van der Waals surface area contributed by atoms with E-state index in [0.29, 0.717) is 17.9 Å². The maximum absolute atomic E-state index is 12.5. The van der Waals surface area contributed by atoms with E-state index < -0.39 is 0 Å². The van der Waals surface area contributed by atoms with Gasteiger partial charge in [0.15, 0.2) is 0 Å². The van der Waals surface area contributed by atoms with E-state index in [1.807, 2.05) is 4.90 Å². The van der Waals surface area contributed by atoms with Crippen molar-refractivity contribution in [3.63, 3.8) is 0 Å². The zero-order chi connectivity index (χ0) is 15.5. The summed E-state index contributed by atoms with van der Waals surface area (Å²) in [5.41, 5.74) is 6.15. The van der Waals surface area contributed by atoms with Gasteiger partial charge in [0.1, 0.15) is 12.0 Å². The van der Waals surface area contributed by atoms with Crippen LogP contribution in [0, 0.1) is 5.92 Å². The van der Waals surface area contributed by atoms with Crippen molar-refractivity contribution >= 4 is 5.91 Å². The number of hydrogen-bond acceptors (Lipinski definition) is 4. The van der Waals surface area contributed by atoms with Crippen LogP contribution in [0.3, 0.4) is 0 Å². The first-order chi connectivity index (χ1) is 10.7. The minimum Gasteiger partial charge on any atom is -0.467 e. The lowest BCUT2D eigenvalue weighted by molar-refractivity contribution is 0.0501. The molecule has 1 aromatic heterocycles. The van der Waals surface area contributed by atoms with Crippen LogP contribution in [-0.2, 0) is 6.54 Å². The Kier molecular flexibility index (Phi) is 4.84. The van der Waals surface area contributed by atoms with Crippen LogP contribution in [0.2, 0.25) is 0 Å². The molecule has 122 valence electrons. The number of nitrogens with zero attached hydrogens (tertiary/aromatic N) is 2. The largest absolute Gasteiger partial charge is 0.467 e. The maximum Gasteiger partial charge on any atom is 0.257 e. The molecule has 2 heterocycles. The Balaban J connectivity index is 1.52. The molecule has 0 radical (unpaired) electrons. The number of nitrogens with two attached hydrogens (primary N) is 1. The van der Waals surface area contributed by atoms with Gasteiger partial charge in [-0.05, 0) is 37.7 Å². The third-order valence-corrected chi connectivity index (χ3v) is 5.21. The molecule has 5 nitrogen and oxygen atoms in total. The van der Waals surface area contributed by atoms with Crippen molar-refractivity contribution in [1.82, 2.24) is 9.80 Å². The Hall–Kier alpha value is -1.33. The monoisotopic (exact) mass is 305 g/mol. The number of amides is 1. The molecule has 1 saturated heterocycles. The summed E-state index contributed by atoms with van der Waals surface area (Å²) in [5, 5.41) is 0. The Labute approximate surface area is 132 Å². The number of carbonyl (C=O) groups excluding carboxylic acids is 1. The number of furan rings is 1. The van der Waals surface area contributed by atoms with Crippen LogP contribution >= 0.6 is 0 Å². The summed E-state index contributed by atoms with van der Waals surface area (Å²) in [7, 11) is 0. The molecule has 0 spiro atoms. The highest BCUT2D eigenvalue weighted by atomic mass is 16.3. The van der Waals surface area contributed by atoms with E-state index in [-0.39, 0.29) is 5.91 Å². The highest BCUT2D eigenvalue weighted by Crippen LogP contribution is 2.27. The standard InChI is InChI=1S/C17H27N3O2/c1-13-2-4-15(5-3-13)19-6-8-20(9-7-19)17(21)14-10-16(11-18)22-12-14/h10,12-13,15H,2-9,11,18H2,1H3. The fourth-order valence-electron chi connectivity index (χ4n) is 3.68. The normalized spacial score (nSPS) is 27.1. The van der Waals surface area contributed by atoms with E-state index in [4.69, 9.17) is 10.2 Å². The minimum absolute atomic E-state index is 0.0698. The van der Waals surface area contributed by atoms with Crippen LogP contribution < -0.4 is 5.73 Å². The lowest BCUT2D eigenvalue weighted by Crippen LogP contribution is -2.52. The van der Waals surface area contributed by atoms with Crippen LogP contribution in [0.1, 0.15) is 48.7 Å². The van der Waals surface area contributed by atoms with E-state index in [1.165, 1.54) is 31.9 Å². The van der Waals surface area contributed by atoms with Crippen LogP contribution in [0.15, 0.2) is 16.7 Å². The third-order valence-electron chi connectivity index (χ3n) is 5.21. The van der Waals surface area contributed by atoms with Crippen molar-refractivity contribution in [1.29, 1.82) is 0 Å². The van der Waals surface area contributed by atoms with Crippen molar-refractivity contribution in [2.45, 2.75) is 45.2 Å². The topological polar surface area (TPSA) is 62.7 Å². The smallest absolute Gasteiger partial charge is 0.257 e. The van der Waals surface area contributed by atoms with Gasteiger partial charge in [0.25, 0.3) is 5.91 Å². The van der Waals surface area contributed by atoms with Crippen LogP contribution in [0.4, 0.5) is 0 Å². The maximum atomic E-state index is 12.5. The zero-order valence-corrected chi connectivity index (χ0v) is 13.5. The van der Waals surface area contributed by atoms with Gasteiger partial charge in [-0.25, -0.2) is 0 Å². The summed E-state index contributed by atoms with van der Waals surface area (Å²) < 4.78 is 5.27. The van der Waals surface area contributed by atoms with Gasteiger partial charge in [0, 0.05) is 32.2 Å². The molecule has 0 unspecified atom stereocenters. The van der Waals surface area contributed by atoms with Gasteiger partial charge < -0.3 is 15.1 Å². The molecule has 3 rings (SSSR count). The summed E-state index contributed by atoms with van der Waals surface area (Å²) in [4.78, 5) is 17.0. The average Bonchev–Trinajstić information content (AvgIpc) is 3.04. The molecule has 1 saturated carbocycles. The van der Waals surface area contributed by atoms with Crippen molar-refractivity contribution < 1.29 is 9.21 Å². The molecule has 0 atom stereocenters. The predicted octanol–water partition coefficient (Wildman–Crippen LogP) is 2.07. The van der Waals surface area contributed by atoms with Gasteiger partial charge in [0.2, 0.25) is 0 Å².